The molecular weight excluding hydrogens is 826 g/mol. The van der Waals surface area contributed by atoms with Gasteiger partial charge in [-0.25, -0.2) is 14.0 Å². The smallest absolute Gasteiger partial charge is 0.336 e. The van der Waals surface area contributed by atoms with Gasteiger partial charge in [-0.05, 0) is 61.8 Å². The van der Waals surface area contributed by atoms with E-state index in [-0.39, 0.29) is 24.7 Å². The highest BCUT2D eigenvalue weighted by atomic mass is 19.1. The third kappa shape index (κ3) is 13.5. The Kier molecular flexibility index (Phi) is 17.7. The lowest BCUT2D eigenvalue weighted by molar-refractivity contribution is -0.384. The number of nitrogens with one attached hydrogen (secondary N) is 4. The number of methoxy groups -OCH3 is 1. The van der Waals surface area contributed by atoms with Crippen molar-refractivity contribution in [2.24, 2.45) is 23.0 Å². The van der Waals surface area contributed by atoms with E-state index in [1.165, 1.54) is 6.08 Å². The van der Waals surface area contributed by atoms with Gasteiger partial charge in [0.2, 0.25) is 29.5 Å². The molecule has 20 heteroatoms. The van der Waals surface area contributed by atoms with Gasteiger partial charge in [0.15, 0.2) is 0 Å². The number of nitro groups is 1. The molecule has 6 amide bonds. The van der Waals surface area contributed by atoms with E-state index < -0.39 is 124 Å². The monoisotopic (exact) mass is 885 g/mol. The first-order valence-electron chi connectivity index (χ1n) is 21.5. The fourth-order valence-corrected chi connectivity index (χ4v) is 8.62. The zero-order valence-electron chi connectivity index (χ0n) is 36.2. The molecule has 1 saturated heterocycles. The van der Waals surface area contributed by atoms with Crippen molar-refractivity contribution in [3.05, 3.63) is 51.6 Å². The maximum absolute atomic E-state index is 15.4. The molecular formula is C43H60FN7O12. The Bertz CT molecular complexity index is 1920. The first kappa shape index (κ1) is 49.7. The largest absolute Gasteiger partial charge is 0.478 e. The van der Waals surface area contributed by atoms with E-state index in [9.17, 15) is 53.6 Å². The number of hydrogen-bond donors (Lipinski definition) is 6. The van der Waals surface area contributed by atoms with Crippen LogP contribution in [0.4, 0.5) is 10.1 Å². The number of nitrogens with two attached hydrogens (primary N) is 1. The Balaban J connectivity index is 1.60. The highest BCUT2D eigenvalue weighted by Crippen LogP contribution is 2.31. The van der Waals surface area contributed by atoms with Gasteiger partial charge in [0, 0.05) is 24.6 Å². The molecule has 0 bridgehead atoms. The number of primary amides is 1. The summed E-state index contributed by atoms with van der Waals surface area (Å²) >= 11 is 0. The number of carboxylic acids is 1. The quantitative estimate of drug-likeness (QED) is 0.0537. The van der Waals surface area contributed by atoms with Crippen molar-refractivity contribution in [2.75, 3.05) is 13.7 Å². The number of rotatable bonds is 18. The van der Waals surface area contributed by atoms with Crippen LogP contribution in [0.15, 0.2) is 30.4 Å². The van der Waals surface area contributed by atoms with Gasteiger partial charge >= 0.3 is 11.9 Å². The van der Waals surface area contributed by atoms with Crippen molar-refractivity contribution in [2.45, 2.75) is 141 Å². The number of carboxylic acid groups (broad SMARTS) is 1. The Labute approximate surface area is 365 Å². The van der Waals surface area contributed by atoms with Crippen LogP contribution in [0.25, 0.3) is 0 Å². The minimum atomic E-state index is -1.65. The number of carbonyl (C=O) groups is 8. The van der Waals surface area contributed by atoms with Crippen LogP contribution in [0, 0.1) is 27.4 Å². The number of nitro benzene ring substituents is 1. The standard InChI is InChI=1S/C43H60FN7O12/c1-43(2,3)35(49-38(55)30(17-11-12-18-32(52)63-4)46-37(54)29-22-27(51(61)62)19-20-28(29)42(59)60)41(58)50-23-26(44)21-31(50)39(56)48-34(25-15-9-6-10-16-25)40(57)47-33(36(45)53)24-13-7-5-8-14-24/h12,18-20,22,24-26,30-31,33-35H,5-11,13-17,21,23H2,1-4H3,(H2,45,53)(H,46,54)(H,47,57)(H,48,56)(H,49,55)(H,59,60)/b18-12+/t26-,30+,31+,33+,34+,35-/m1/s1. The maximum atomic E-state index is 15.4. The minimum Gasteiger partial charge on any atom is -0.478 e. The van der Waals surface area contributed by atoms with Crippen molar-refractivity contribution in [3.8, 4) is 0 Å². The summed E-state index contributed by atoms with van der Waals surface area (Å²) in [5, 5.41) is 31.8. The molecule has 346 valence electrons. The van der Waals surface area contributed by atoms with Crippen LogP contribution in [-0.4, -0.2) is 112 Å². The summed E-state index contributed by atoms with van der Waals surface area (Å²) in [6, 6.07) is -3.92. The molecule has 0 spiro atoms. The fraction of sp³-hybridized carbons (Fsp3) is 0.628. The third-order valence-electron chi connectivity index (χ3n) is 12.1. The Morgan fingerprint density at radius 1 is 0.905 bits per heavy atom. The number of halogens is 1. The van der Waals surface area contributed by atoms with Gasteiger partial charge < -0.3 is 41.7 Å². The Hall–Kier alpha value is -5.95. The molecule has 4 rings (SSSR count). The summed E-state index contributed by atoms with van der Waals surface area (Å²) in [5.74, 6) is -7.79. The van der Waals surface area contributed by atoms with Gasteiger partial charge in [0.1, 0.15) is 36.4 Å². The van der Waals surface area contributed by atoms with Crippen molar-refractivity contribution in [3.63, 3.8) is 0 Å². The molecule has 3 fully saturated rings. The highest BCUT2D eigenvalue weighted by molar-refractivity contribution is 6.07. The first-order valence-corrected chi connectivity index (χ1v) is 21.5. The number of nitrogens with zero attached hydrogens (tertiary/aromatic N) is 2. The molecule has 2 aliphatic carbocycles. The summed E-state index contributed by atoms with van der Waals surface area (Å²) in [6.07, 6.45) is 8.05. The predicted molar refractivity (Wildman–Crippen MR) is 224 cm³/mol. The summed E-state index contributed by atoms with van der Waals surface area (Å²) in [4.78, 5) is 118. The molecule has 0 aromatic heterocycles. The molecule has 1 aromatic rings. The third-order valence-corrected chi connectivity index (χ3v) is 12.1. The van der Waals surface area contributed by atoms with E-state index in [0.717, 1.165) is 74.8 Å². The van der Waals surface area contributed by atoms with Crippen LogP contribution < -0.4 is 27.0 Å². The molecule has 1 heterocycles. The van der Waals surface area contributed by atoms with E-state index in [4.69, 9.17) is 5.73 Å². The average molecular weight is 886 g/mol. The summed E-state index contributed by atoms with van der Waals surface area (Å²) in [7, 11) is 1.15. The fourth-order valence-electron chi connectivity index (χ4n) is 8.62. The number of amides is 6. The molecule has 6 atom stereocenters. The normalized spacial score (nSPS) is 20.4. The average Bonchev–Trinajstić information content (AvgIpc) is 3.65. The van der Waals surface area contributed by atoms with Gasteiger partial charge in [-0.15, -0.1) is 0 Å². The number of alkyl halides is 1. The second-order valence-corrected chi connectivity index (χ2v) is 17.6. The van der Waals surface area contributed by atoms with Crippen LogP contribution in [0.2, 0.25) is 0 Å². The van der Waals surface area contributed by atoms with E-state index in [1.54, 1.807) is 20.8 Å². The molecule has 1 aliphatic heterocycles. The summed E-state index contributed by atoms with van der Waals surface area (Å²) in [5.41, 5.74) is 2.85. The number of non-ortho nitro benzene ring substituents is 1. The second kappa shape index (κ2) is 22.4. The molecule has 63 heavy (non-hydrogen) atoms. The van der Waals surface area contributed by atoms with Gasteiger partial charge in [-0.2, -0.15) is 0 Å². The van der Waals surface area contributed by atoms with Gasteiger partial charge in [-0.3, -0.25) is 38.9 Å². The number of benzene rings is 1. The Morgan fingerprint density at radius 2 is 1.51 bits per heavy atom. The first-order chi connectivity index (χ1) is 29.7. The molecule has 0 unspecified atom stereocenters. The van der Waals surface area contributed by atoms with Crippen molar-refractivity contribution in [1.29, 1.82) is 0 Å². The lowest BCUT2D eigenvalue weighted by Gasteiger charge is -2.37. The van der Waals surface area contributed by atoms with Crippen LogP contribution in [-0.2, 0) is 33.5 Å². The number of carbonyl (C=O) groups excluding carboxylic acids is 7. The van der Waals surface area contributed by atoms with Gasteiger partial charge in [0.25, 0.3) is 11.6 Å². The number of likely N-dealkylation sites (tertiary alicyclic amines) is 1. The molecule has 2 saturated carbocycles. The number of ether oxygens (including phenoxy) is 1. The van der Waals surface area contributed by atoms with Crippen molar-refractivity contribution in [1.82, 2.24) is 26.2 Å². The predicted octanol–water partition coefficient (Wildman–Crippen LogP) is 2.99. The van der Waals surface area contributed by atoms with Gasteiger partial charge in [-0.1, -0.05) is 65.4 Å². The molecule has 19 nitrogen and oxygen atoms in total. The molecule has 3 aliphatic rings. The zero-order chi connectivity index (χ0) is 46.6. The van der Waals surface area contributed by atoms with E-state index in [1.807, 2.05) is 0 Å². The topological polar surface area (TPSA) is 287 Å². The maximum Gasteiger partial charge on any atom is 0.336 e. The summed E-state index contributed by atoms with van der Waals surface area (Å²) < 4.78 is 20.0. The highest BCUT2D eigenvalue weighted by Gasteiger charge is 2.47. The number of hydrogen-bond acceptors (Lipinski definition) is 11. The lowest BCUT2D eigenvalue weighted by atomic mass is 9.81. The minimum absolute atomic E-state index is 0.0309. The van der Waals surface area contributed by atoms with Crippen LogP contribution >= 0.6 is 0 Å². The van der Waals surface area contributed by atoms with E-state index in [2.05, 4.69) is 26.0 Å². The zero-order valence-corrected chi connectivity index (χ0v) is 36.2. The SMILES string of the molecule is COC(=O)/C=C/CC[C@H](NC(=O)c1cc([N+](=O)[O-])ccc1C(=O)O)C(=O)N[C@H](C(=O)N1C[C@H](F)C[C@H]1C(=O)N[C@H](C(=O)N[C@H](C(N)=O)C1CCCCC1)C1CCCCC1)C(C)(C)C. The van der Waals surface area contributed by atoms with Crippen LogP contribution in [0.1, 0.15) is 125 Å². The van der Waals surface area contributed by atoms with Gasteiger partial charge in [0.05, 0.1) is 29.7 Å². The number of allylic oxidation sites excluding steroid dienone is 1. The second-order valence-electron chi connectivity index (χ2n) is 17.6. The Morgan fingerprint density at radius 3 is 2.05 bits per heavy atom. The van der Waals surface area contributed by atoms with Crippen molar-refractivity contribution >= 4 is 53.1 Å². The molecule has 1 aromatic carbocycles. The van der Waals surface area contributed by atoms with Crippen LogP contribution in [0.5, 0.6) is 0 Å². The molecule has 0 radical (unpaired) electrons. The summed E-state index contributed by atoms with van der Waals surface area (Å²) in [6.45, 7) is 4.30. The van der Waals surface area contributed by atoms with E-state index >= 15 is 4.39 Å². The number of aromatic carboxylic acids is 1. The van der Waals surface area contributed by atoms with Crippen molar-refractivity contribution < 1.29 is 57.5 Å². The van der Waals surface area contributed by atoms with E-state index in [0.29, 0.717) is 25.7 Å². The lowest BCUT2D eigenvalue weighted by Crippen LogP contribution is -2.62. The van der Waals surface area contributed by atoms with Crippen LogP contribution in [0.3, 0.4) is 0 Å². The molecule has 7 N–H and O–H groups in total. The number of esters is 1.